The zero-order valence-corrected chi connectivity index (χ0v) is 14.1. The number of carbonyl (C=O) groups excluding carboxylic acids is 2. The number of carbonyl (C=O) groups is 2. The summed E-state index contributed by atoms with van der Waals surface area (Å²) in [6.07, 6.45) is 4.76. The molecule has 6 heteroatoms. The van der Waals surface area contributed by atoms with E-state index in [1.165, 1.54) is 24.3 Å². The molecular weight excluding hydrogens is 311 g/mol. The van der Waals surface area contributed by atoms with Gasteiger partial charge in [0, 0.05) is 38.7 Å². The molecule has 132 valence electrons. The summed E-state index contributed by atoms with van der Waals surface area (Å²) >= 11 is 0. The van der Waals surface area contributed by atoms with Gasteiger partial charge in [-0.05, 0) is 49.9 Å². The molecule has 2 amide bonds. The molecule has 0 spiro atoms. The lowest BCUT2D eigenvalue weighted by Gasteiger charge is -2.18. The number of hydrogen-bond donors (Lipinski definition) is 1. The molecule has 1 aliphatic heterocycles. The van der Waals surface area contributed by atoms with Crippen molar-refractivity contribution >= 4 is 11.8 Å². The van der Waals surface area contributed by atoms with Gasteiger partial charge in [-0.25, -0.2) is 4.39 Å². The average molecular weight is 336 g/mol. The fourth-order valence-electron chi connectivity index (χ4n) is 2.73. The first-order valence-electron chi connectivity index (χ1n) is 8.45. The van der Waals surface area contributed by atoms with Crippen LogP contribution in [0.15, 0.2) is 24.3 Å². The summed E-state index contributed by atoms with van der Waals surface area (Å²) in [7, 11) is 1.78. The average Bonchev–Trinajstić information content (AvgIpc) is 3.08. The Morgan fingerprint density at radius 3 is 2.75 bits per heavy atom. The van der Waals surface area contributed by atoms with Crippen LogP contribution in [0.2, 0.25) is 0 Å². The highest BCUT2D eigenvalue weighted by Crippen LogP contribution is 2.16. The van der Waals surface area contributed by atoms with Gasteiger partial charge in [-0.2, -0.15) is 0 Å². The minimum absolute atomic E-state index is 0.00162. The Labute approximate surface area is 142 Å². The van der Waals surface area contributed by atoms with Gasteiger partial charge in [0.05, 0.1) is 6.10 Å². The summed E-state index contributed by atoms with van der Waals surface area (Å²) in [5, 5.41) is 2.68. The molecule has 1 atom stereocenters. The van der Waals surface area contributed by atoms with Gasteiger partial charge in [-0.1, -0.05) is 0 Å². The molecule has 1 saturated heterocycles. The van der Waals surface area contributed by atoms with Crippen LogP contribution in [0.3, 0.4) is 0 Å². The van der Waals surface area contributed by atoms with Gasteiger partial charge in [0.25, 0.3) is 5.91 Å². The van der Waals surface area contributed by atoms with E-state index in [-0.39, 0.29) is 30.6 Å². The molecule has 1 aliphatic rings. The Hall–Kier alpha value is -1.95. The first kappa shape index (κ1) is 18.4. The van der Waals surface area contributed by atoms with Crippen LogP contribution in [0.25, 0.3) is 0 Å². The first-order valence-corrected chi connectivity index (χ1v) is 8.45. The third kappa shape index (κ3) is 5.92. The van der Waals surface area contributed by atoms with Gasteiger partial charge in [0.2, 0.25) is 5.91 Å². The van der Waals surface area contributed by atoms with Gasteiger partial charge in [-0.3, -0.25) is 9.59 Å². The molecule has 24 heavy (non-hydrogen) atoms. The van der Waals surface area contributed by atoms with Crippen molar-refractivity contribution in [3.63, 3.8) is 0 Å². The number of benzene rings is 1. The molecule has 1 N–H and O–H groups in total. The quantitative estimate of drug-likeness (QED) is 0.793. The molecule has 1 aromatic carbocycles. The SMILES string of the molecule is CN(CCC[C@H]1CCCO1)C(=O)CCNC(=O)c1ccc(F)cc1. The molecule has 1 aromatic rings. The lowest BCUT2D eigenvalue weighted by molar-refractivity contribution is -0.129. The predicted octanol–water partition coefficient (Wildman–Crippen LogP) is 2.36. The largest absolute Gasteiger partial charge is 0.378 e. The molecule has 0 aromatic heterocycles. The molecule has 2 rings (SSSR count). The maximum atomic E-state index is 12.8. The minimum atomic E-state index is -0.383. The Morgan fingerprint density at radius 2 is 2.08 bits per heavy atom. The van der Waals surface area contributed by atoms with E-state index in [1.807, 2.05) is 0 Å². The molecular formula is C18H25FN2O3. The van der Waals surface area contributed by atoms with E-state index in [9.17, 15) is 14.0 Å². The number of amides is 2. The van der Waals surface area contributed by atoms with E-state index in [2.05, 4.69) is 5.32 Å². The fourth-order valence-corrected chi connectivity index (χ4v) is 2.73. The molecule has 0 aliphatic carbocycles. The van der Waals surface area contributed by atoms with E-state index < -0.39 is 0 Å². The maximum Gasteiger partial charge on any atom is 0.251 e. The van der Waals surface area contributed by atoms with Gasteiger partial charge >= 0.3 is 0 Å². The zero-order chi connectivity index (χ0) is 17.4. The summed E-state index contributed by atoms with van der Waals surface area (Å²) in [5.41, 5.74) is 0.383. The molecule has 0 radical (unpaired) electrons. The minimum Gasteiger partial charge on any atom is -0.378 e. The normalized spacial score (nSPS) is 16.8. The lowest BCUT2D eigenvalue weighted by Crippen LogP contribution is -2.33. The second kappa shape index (κ2) is 9.37. The number of rotatable bonds is 8. The van der Waals surface area contributed by atoms with Gasteiger partial charge in [0.15, 0.2) is 0 Å². The summed E-state index contributed by atoms with van der Waals surface area (Å²) in [4.78, 5) is 25.6. The maximum absolute atomic E-state index is 12.8. The van der Waals surface area contributed by atoms with Crippen LogP contribution in [-0.2, 0) is 9.53 Å². The van der Waals surface area contributed by atoms with Crippen molar-refractivity contribution < 1.29 is 18.7 Å². The van der Waals surface area contributed by atoms with E-state index in [0.29, 0.717) is 18.2 Å². The van der Waals surface area contributed by atoms with Crippen LogP contribution in [0.4, 0.5) is 4.39 Å². The number of nitrogens with one attached hydrogen (secondary N) is 1. The number of ether oxygens (including phenoxy) is 1. The first-order chi connectivity index (χ1) is 11.6. The topological polar surface area (TPSA) is 58.6 Å². The molecule has 1 fully saturated rings. The van der Waals surface area contributed by atoms with Gasteiger partial charge < -0.3 is 15.0 Å². The monoisotopic (exact) mass is 336 g/mol. The van der Waals surface area contributed by atoms with E-state index in [0.717, 1.165) is 32.3 Å². The van der Waals surface area contributed by atoms with Crippen LogP contribution in [0.1, 0.15) is 42.5 Å². The van der Waals surface area contributed by atoms with Crippen molar-refractivity contribution in [2.24, 2.45) is 0 Å². The predicted molar refractivity (Wildman–Crippen MR) is 89.2 cm³/mol. The molecule has 1 heterocycles. The zero-order valence-electron chi connectivity index (χ0n) is 14.1. The Kier molecular flexibility index (Phi) is 7.18. The Balaban J connectivity index is 1.61. The summed E-state index contributed by atoms with van der Waals surface area (Å²) < 4.78 is 18.4. The summed E-state index contributed by atoms with van der Waals surface area (Å²) in [5.74, 6) is -0.683. The van der Waals surface area contributed by atoms with Crippen molar-refractivity contribution in [3.05, 3.63) is 35.6 Å². The highest BCUT2D eigenvalue weighted by Gasteiger charge is 2.16. The van der Waals surface area contributed by atoms with Crippen molar-refractivity contribution in [2.75, 3.05) is 26.7 Å². The van der Waals surface area contributed by atoms with Crippen molar-refractivity contribution in [3.8, 4) is 0 Å². The highest BCUT2D eigenvalue weighted by molar-refractivity contribution is 5.94. The van der Waals surface area contributed by atoms with E-state index >= 15 is 0 Å². The smallest absolute Gasteiger partial charge is 0.251 e. The van der Waals surface area contributed by atoms with Crippen molar-refractivity contribution in [1.82, 2.24) is 10.2 Å². The Bertz CT molecular complexity index is 542. The summed E-state index contributed by atoms with van der Waals surface area (Å²) in [6.45, 7) is 1.82. The van der Waals surface area contributed by atoms with Crippen LogP contribution in [0.5, 0.6) is 0 Å². The number of hydrogen-bond acceptors (Lipinski definition) is 3. The Morgan fingerprint density at radius 1 is 1.33 bits per heavy atom. The van der Waals surface area contributed by atoms with Gasteiger partial charge in [-0.15, -0.1) is 0 Å². The molecule has 0 saturated carbocycles. The van der Waals surface area contributed by atoms with Crippen molar-refractivity contribution in [2.45, 2.75) is 38.2 Å². The fraction of sp³-hybridized carbons (Fsp3) is 0.556. The van der Waals surface area contributed by atoms with Crippen molar-refractivity contribution in [1.29, 1.82) is 0 Å². The van der Waals surface area contributed by atoms with E-state index in [1.54, 1.807) is 11.9 Å². The van der Waals surface area contributed by atoms with Crippen LogP contribution in [-0.4, -0.2) is 49.6 Å². The number of nitrogens with zero attached hydrogens (tertiary/aromatic N) is 1. The standard InChI is InChI=1S/C18H25FN2O3/c1-21(12-2-4-16-5-3-13-24-16)17(22)10-11-20-18(23)14-6-8-15(19)9-7-14/h6-9,16H,2-5,10-13H2,1H3,(H,20,23)/t16-/m0/s1. The third-order valence-corrected chi connectivity index (χ3v) is 4.20. The molecule has 0 bridgehead atoms. The van der Waals surface area contributed by atoms with Crippen LogP contribution >= 0.6 is 0 Å². The van der Waals surface area contributed by atoms with Crippen LogP contribution in [0, 0.1) is 5.82 Å². The second-order valence-electron chi connectivity index (χ2n) is 6.11. The lowest BCUT2D eigenvalue weighted by atomic mass is 10.1. The second-order valence-corrected chi connectivity index (χ2v) is 6.11. The number of halogens is 1. The highest BCUT2D eigenvalue weighted by atomic mass is 19.1. The molecule has 5 nitrogen and oxygen atoms in total. The van der Waals surface area contributed by atoms with Gasteiger partial charge in [0.1, 0.15) is 5.82 Å². The van der Waals surface area contributed by atoms with Crippen LogP contribution < -0.4 is 5.32 Å². The third-order valence-electron chi connectivity index (χ3n) is 4.20. The summed E-state index contributed by atoms with van der Waals surface area (Å²) in [6, 6.07) is 5.32. The van der Waals surface area contributed by atoms with E-state index in [4.69, 9.17) is 4.74 Å². The molecule has 0 unspecified atom stereocenters.